The lowest BCUT2D eigenvalue weighted by molar-refractivity contribution is -0.135. The number of carbonyl (C=O) groups is 1. The van der Waals surface area contributed by atoms with Gasteiger partial charge in [0.05, 0.1) is 30.0 Å². The molecule has 0 N–H and O–H groups in total. The molecule has 0 atom stereocenters. The van der Waals surface area contributed by atoms with E-state index in [0.29, 0.717) is 33.2 Å². The summed E-state index contributed by atoms with van der Waals surface area (Å²) in [4.78, 5) is 19.7. The highest BCUT2D eigenvalue weighted by Crippen LogP contribution is 2.34. The second kappa shape index (κ2) is 12.0. The van der Waals surface area contributed by atoms with E-state index >= 15 is 0 Å². The summed E-state index contributed by atoms with van der Waals surface area (Å²) >= 11 is 3.63. The largest absolute Gasteiger partial charge is 0.361 e. The van der Waals surface area contributed by atoms with Gasteiger partial charge in [0.15, 0.2) is 5.82 Å². The highest BCUT2D eigenvalue weighted by Gasteiger charge is 2.32. The van der Waals surface area contributed by atoms with Crippen molar-refractivity contribution in [1.82, 2.24) is 24.2 Å². The Morgan fingerprint density at radius 2 is 1.64 bits per heavy atom. The van der Waals surface area contributed by atoms with Crippen LogP contribution in [0.25, 0.3) is 22.4 Å². The van der Waals surface area contributed by atoms with E-state index in [1.807, 2.05) is 29.5 Å². The van der Waals surface area contributed by atoms with E-state index in [-0.39, 0.29) is 11.8 Å². The van der Waals surface area contributed by atoms with Crippen LogP contribution in [0.1, 0.15) is 25.2 Å². The van der Waals surface area contributed by atoms with Crippen molar-refractivity contribution in [2.45, 2.75) is 91.8 Å². The predicted molar refractivity (Wildman–Crippen MR) is 166 cm³/mol. The first-order valence-corrected chi connectivity index (χ1v) is 22.1. The number of imidazole rings is 1. The Balaban J connectivity index is 1.68. The minimum atomic E-state index is -1.22. The van der Waals surface area contributed by atoms with Crippen molar-refractivity contribution in [1.29, 1.82) is 0 Å². The Kier molecular flexibility index (Phi) is 9.27. The maximum atomic E-state index is 12.8. The Labute approximate surface area is 243 Å². The van der Waals surface area contributed by atoms with Gasteiger partial charge in [-0.1, -0.05) is 69.1 Å². The third-order valence-electron chi connectivity index (χ3n) is 6.99. The van der Waals surface area contributed by atoms with E-state index < -0.39 is 16.1 Å². The van der Waals surface area contributed by atoms with Gasteiger partial charge in [-0.3, -0.25) is 4.79 Å². The summed E-state index contributed by atoms with van der Waals surface area (Å²) in [6.07, 6.45) is 0. The molecule has 0 saturated heterocycles. The molecule has 3 heterocycles. The standard InChI is InChI=1S/C28H44BrN5O3Si2/c1-20(2)28(35)32-16-23-25(17-32)33(18-36-11-13-38(3,4)5)27(30-23)26-22-10-9-21(29)15-24(22)34(31-26)19-37-12-14-39(6,7)8/h9-10,15,20H,11-14,16-19H2,1-8H3. The van der Waals surface area contributed by atoms with E-state index in [4.69, 9.17) is 19.6 Å². The van der Waals surface area contributed by atoms with Gasteiger partial charge in [-0.25, -0.2) is 9.67 Å². The summed E-state index contributed by atoms with van der Waals surface area (Å²) in [6, 6.07) is 8.42. The molecule has 39 heavy (non-hydrogen) atoms. The van der Waals surface area contributed by atoms with Gasteiger partial charge in [-0.15, -0.1) is 0 Å². The van der Waals surface area contributed by atoms with Crippen molar-refractivity contribution in [2.75, 3.05) is 13.2 Å². The molecule has 0 fully saturated rings. The molecule has 1 aliphatic rings. The van der Waals surface area contributed by atoms with E-state index in [1.54, 1.807) is 0 Å². The molecule has 0 unspecified atom stereocenters. The molecule has 0 saturated carbocycles. The van der Waals surface area contributed by atoms with E-state index in [0.717, 1.165) is 57.0 Å². The van der Waals surface area contributed by atoms with Crippen molar-refractivity contribution >= 4 is 48.9 Å². The van der Waals surface area contributed by atoms with Crippen molar-refractivity contribution < 1.29 is 14.3 Å². The quantitative estimate of drug-likeness (QED) is 0.162. The molecule has 4 rings (SSSR count). The fourth-order valence-corrected chi connectivity index (χ4v) is 6.43. The third kappa shape index (κ3) is 7.49. The lowest BCUT2D eigenvalue weighted by Gasteiger charge is -2.20. The summed E-state index contributed by atoms with van der Waals surface area (Å²) in [5, 5.41) is 6.05. The predicted octanol–water partition coefficient (Wildman–Crippen LogP) is 6.79. The summed E-state index contributed by atoms with van der Waals surface area (Å²) in [6.45, 7) is 21.3. The number of carbonyl (C=O) groups excluding carboxylic acids is 1. The second-order valence-electron chi connectivity index (χ2n) is 13.3. The van der Waals surface area contributed by atoms with Crippen LogP contribution in [-0.4, -0.2) is 59.5 Å². The normalized spacial score (nSPS) is 14.2. The number of amides is 1. The average Bonchev–Trinajstić information content (AvgIpc) is 3.49. The molecule has 2 aromatic heterocycles. The number of hydrogen-bond donors (Lipinski definition) is 0. The number of rotatable bonds is 12. The van der Waals surface area contributed by atoms with E-state index in [1.165, 1.54) is 0 Å². The van der Waals surface area contributed by atoms with Crippen molar-refractivity contribution in [2.24, 2.45) is 5.92 Å². The molecular formula is C28H44BrN5O3Si2. The molecule has 0 radical (unpaired) electrons. The Hall–Kier alpha value is -1.80. The third-order valence-corrected chi connectivity index (χ3v) is 10.9. The number of ether oxygens (including phenoxy) is 2. The lowest BCUT2D eigenvalue weighted by Crippen LogP contribution is -2.30. The maximum absolute atomic E-state index is 12.8. The zero-order valence-electron chi connectivity index (χ0n) is 24.8. The van der Waals surface area contributed by atoms with Gasteiger partial charge in [-0.05, 0) is 30.3 Å². The molecule has 0 aliphatic carbocycles. The van der Waals surface area contributed by atoms with Crippen LogP contribution in [0.3, 0.4) is 0 Å². The first kappa shape index (κ1) is 30.2. The van der Waals surface area contributed by atoms with Gasteiger partial charge in [0, 0.05) is 45.1 Å². The van der Waals surface area contributed by atoms with Crippen molar-refractivity contribution in [3.8, 4) is 11.5 Å². The minimum absolute atomic E-state index is 0.0473. The number of aromatic nitrogens is 4. The summed E-state index contributed by atoms with van der Waals surface area (Å²) in [7, 11) is -2.39. The Morgan fingerprint density at radius 3 is 2.26 bits per heavy atom. The molecule has 3 aromatic rings. The molecular weight excluding hydrogens is 590 g/mol. The van der Waals surface area contributed by atoms with Crippen molar-refractivity contribution in [3.05, 3.63) is 34.1 Å². The monoisotopic (exact) mass is 633 g/mol. The Bertz CT molecular complexity index is 1320. The number of fused-ring (bicyclic) bond motifs is 2. The Morgan fingerprint density at radius 1 is 1.00 bits per heavy atom. The fraction of sp³-hybridized carbons (Fsp3) is 0.607. The topological polar surface area (TPSA) is 74.4 Å². The number of nitrogens with zero attached hydrogens (tertiary/aromatic N) is 5. The molecule has 11 heteroatoms. The number of benzene rings is 1. The molecule has 214 valence electrons. The molecule has 1 amide bonds. The first-order valence-electron chi connectivity index (χ1n) is 13.9. The summed E-state index contributed by atoms with van der Waals surface area (Å²) < 4.78 is 17.4. The average molecular weight is 635 g/mol. The number of hydrogen-bond acceptors (Lipinski definition) is 5. The fourth-order valence-electron chi connectivity index (χ4n) is 4.57. The van der Waals surface area contributed by atoms with Crippen LogP contribution in [-0.2, 0) is 40.8 Å². The summed E-state index contributed by atoms with van der Waals surface area (Å²) in [5.41, 5.74) is 3.78. The van der Waals surface area contributed by atoms with Gasteiger partial charge in [0.1, 0.15) is 19.2 Å². The van der Waals surface area contributed by atoms with Gasteiger partial charge < -0.3 is 18.9 Å². The zero-order chi connectivity index (χ0) is 28.5. The van der Waals surface area contributed by atoms with E-state index in [2.05, 4.69) is 71.9 Å². The highest BCUT2D eigenvalue weighted by molar-refractivity contribution is 9.10. The molecule has 0 bridgehead atoms. The molecule has 1 aliphatic heterocycles. The summed E-state index contributed by atoms with van der Waals surface area (Å²) in [5.74, 6) is 0.891. The maximum Gasteiger partial charge on any atom is 0.225 e. The highest BCUT2D eigenvalue weighted by atomic mass is 79.9. The molecule has 0 spiro atoms. The second-order valence-corrected chi connectivity index (χ2v) is 25.5. The first-order chi connectivity index (χ1) is 18.2. The van der Waals surface area contributed by atoms with Crippen LogP contribution in [0.2, 0.25) is 51.4 Å². The van der Waals surface area contributed by atoms with Crippen LogP contribution in [0.5, 0.6) is 0 Å². The van der Waals surface area contributed by atoms with Crippen LogP contribution < -0.4 is 0 Å². The van der Waals surface area contributed by atoms with Gasteiger partial charge in [-0.2, -0.15) is 5.10 Å². The zero-order valence-corrected chi connectivity index (χ0v) is 28.4. The van der Waals surface area contributed by atoms with E-state index in [9.17, 15) is 4.79 Å². The van der Waals surface area contributed by atoms with Crippen LogP contribution in [0, 0.1) is 5.92 Å². The molecule has 8 nitrogen and oxygen atoms in total. The van der Waals surface area contributed by atoms with Crippen molar-refractivity contribution in [3.63, 3.8) is 0 Å². The van der Waals surface area contributed by atoms with Crippen LogP contribution in [0.15, 0.2) is 22.7 Å². The van der Waals surface area contributed by atoms with Gasteiger partial charge in [0.2, 0.25) is 5.91 Å². The van der Waals surface area contributed by atoms with Gasteiger partial charge in [0.25, 0.3) is 0 Å². The lowest BCUT2D eigenvalue weighted by atomic mass is 10.2. The van der Waals surface area contributed by atoms with Crippen LogP contribution in [0.4, 0.5) is 0 Å². The minimum Gasteiger partial charge on any atom is -0.361 e. The number of halogens is 1. The molecule has 1 aromatic carbocycles. The SMILES string of the molecule is CC(C)C(=O)N1Cc2nc(-c3nn(COCC[Si](C)(C)C)c4cc(Br)ccc34)n(COCC[Si](C)(C)C)c2C1. The van der Waals surface area contributed by atoms with Crippen LogP contribution >= 0.6 is 15.9 Å². The smallest absolute Gasteiger partial charge is 0.225 e. The van der Waals surface area contributed by atoms with Gasteiger partial charge >= 0.3 is 0 Å².